The quantitative estimate of drug-likeness (QED) is 0.105. The van der Waals surface area contributed by atoms with Gasteiger partial charge in [-0.25, -0.2) is 9.69 Å². The number of aromatic nitrogens is 6. The molecule has 0 unspecified atom stereocenters. The first-order valence-electron chi connectivity index (χ1n) is 47.0. The van der Waals surface area contributed by atoms with E-state index < -0.39 is 35.2 Å². The fourth-order valence-corrected chi connectivity index (χ4v) is 22.1. The van der Waals surface area contributed by atoms with E-state index in [9.17, 15) is 44.8 Å². The highest BCUT2D eigenvalue weighted by Crippen LogP contribution is 2.53. The van der Waals surface area contributed by atoms with Crippen molar-refractivity contribution in [2.45, 2.75) is 94.7 Å². The van der Waals surface area contributed by atoms with Crippen molar-refractivity contribution in [1.82, 2.24) is 27.4 Å². The fourth-order valence-electron chi connectivity index (χ4n) is 22.1. The molecule has 18 aromatic carbocycles. The number of benzene rings is 18. The Morgan fingerprint density at radius 2 is 0.503 bits per heavy atom. The van der Waals surface area contributed by atoms with Crippen molar-refractivity contribution < 1.29 is 39.5 Å². The second-order valence-electron chi connectivity index (χ2n) is 37.5. The second kappa shape index (κ2) is 34.3. The van der Waals surface area contributed by atoms with Crippen LogP contribution in [-0.2, 0) is 18.5 Å². The minimum absolute atomic E-state index is 0.0604. The van der Waals surface area contributed by atoms with Crippen LogP contribution in [0.15, 0.2) is 334 Å². The zero-order valence-corrected chi connectivity index (χ0v) is 79.7. The van der Waals surface area contributed by atoms with E-state index in [0.717, 1.165) is 193 Å². The summed E-state index contributed by atoms with van der Waals surface area (Å²) in [6.07, 6.45) is -13.7. The van der Waals surface area contributed by atoms with Gasteiger partial charge in [0, 0.05) is 92.7 Å². The molecule has 0 atom stereocenters. The molecule has 9 nitrogen and oxygen atoms in total. The van der Waals surface area contributed by atoms with Crippen LogP contribution in [-0.4, -0.2) is 27.4 Å². The van der Waals surface area contributed by atoms with Crippen molar-refractivity contribution in [3.63, 3.8) is 0 Å². The van der Waals surface area contributed by atoms with Crippen LogP contribution in [0.3, 0.4) is 0 Å². The number of nitriles is 1. The van der Waals surface area contributed by atoms with Crippen LogP contribution in [0.25, 0.3) is 208 Å². The Morgan fingerprint density at radius 1 is 0.224 bits per heavy atom. The number of hydrogen-bond acceptors (Lipinski definition) is 1. The normalized spacial score (nSPS) is 12.0. The van der Waals surface area contributed by atoms with E-state index in [-0.39, 0.29) is 11.1 Å². The van der Waals surface area contributed by atoms with Gasteiger partial charge in [0.05, 0.1) is 124 Å². The van der Waals surface area contributed by atoms with E-state index in [0.29, 0.717) is 78.8 Å². The van der Waals surface area contributed by atoms with E-state index in [1.54, 1.807) is 75.4 Å². The van der Waals surface area contributed by atoms with Gasteiger partial charge >= 0.3 is 18.5 Å². The average molecular weight is 1890 g/mol. The largest absolute Gasteiger partial charge is 0.417 e. The summed E-state index contributed by atoms with van der Waals surface area (Å²) in [5, 5.41) is 23.2. The summed E-state index contributed by atoms with van der Waals surface area (Å²) < 4.78 is 144. The lowest BCUT2D eigenvalue weighted by Crippen LogP contribution is -2.10. The summed E-state index contributed by atoms with van der Waals surface area (Å²) >= 11 is 0. The van der Waals surface area contributed by atoms with Crippen LogP contribution in [0.1, 0.15) is 83.5 Å². The summed E-state index contributed by atoms with van der Waals surface area (Å²) in [7, 11) is 0. The van der Waals surface area contributed by atoms with Crippen molar-refractivity contribution in [2.75, 3.05) is 0 Å². The number of alkyl halides is 9. The molecule has 0 bridgehead atoms. The summed E-state index contributed by atoms with van der Waals surface area (Å²) in [6.45, 7) is 38.1. The van der Waals surface area contributed by atoms with Gasteiger partial charge in [0.25, 0.3) is 0 Å². The van der Waals surface area contributed by atoms with E-state index in [1.165, 1.54) is 18.2 Å². The predicted molar refractivity (Wildman–Crippen MR) is 566 cm³/mol. The standard InChI is InChI=1S/C43H32F3N3.2C41H28F3N3/c1-24-18-19-30(36(20-24)43(44,45)46)35-22-37(48-39-25(2)10-6-14-31(39)32-15-7-11-26(3)40(32)48)29(23-47)21-38(35)49-41-27(4)12-8-16-33(41)34-17-9-13-28(5)42(34)49;1-24-19-20-27(33(21-24)41(42,43)44)32-22-38(47-36-18-8-6-14-29(36)31-16-10-12-26(3)40(31)47)34(45-4)23-37(32)46-35-17-7-5-13-28(35)30-15-9-11-25(2)39(30)46;1-24-13-16-31-29-9-5-7-11-35(29)46(37(31)19-24)39-23-34(45-4)40(22-33(39)28-18-15-27(21-26(28)3)41(42,43)44)47-36-12-8-6-10-30(36)32-17-14-25(2)20-38(32)47/h6-22H,1-5H3;2*5-23H,1-3H3. The molecule has 0 N–H and O–H groups in total. The molecule has 0 saturated carbocycles. The van der Waals surface area contributed by atoms with Crippen LogP contribution in [0.2, 0.25) is 0 Å². The molecule has 0 aliphatic rings. The summed E-state index contributed by atoms with van der Waals surface area (Å²) in [5.74, 6) is 0. The van der Waals surface area contributed by atoms with E-state index >= 15 is 0 Å². The van der Waals surface area contributed by atoms with Crippen molar-refractivity contribution in [2.24, 2.45) is 0 Å². The van der Waals surface area contributed by atoms with Crippen molar-refractivity contribution in [3.8, 4) is 73.6 Å². The van der Waals surface area contributed by atoms with Crippen LogP contribution in [0.5, 0.6) is 0 Å². The number of para-hydroxylation sites is 10. The molecular formula is C125H88F9N9. The predicted octanol–water partition coefficient (Wildman–Crippen LogP) is 36.1. The lowest BCUT2D eigenvalue weighted by Gasteiger charge is -2.22. The molecule has 0 amide bonds. The Hall–Kier alpha value is -17.4. The Kier molecular flexibility index (Phi) is 21.8. The molecule has 143 heavy (non-hydrogen) atoms. The first-order chi connectivity index (χ1) is 68.8. The van der Waals surface area contributed by atoms with Gasteiger partial charge in [0.1, 0.15) is 6.07 Å². The van der Waals surface area contributed by atoms with Crippen molar-refractivity contribution in [3.05, 3.63) is 440 Å². The zero-order valence-electron chi connectivity index (χ0n) is 79.7. The van der Waals surface area contributed by atoms with Gasteiger partial charge in [-0.15, -0.1) is 0 Å². The molecule has 0 fully saturated rings. The number of fused-ring (bicyclic) bond motifs is 18. The highest BCUT2D eigenvalue weighted by Gasteiger charge is 2.39. The van der Waals surface area contributed by atoms with Gasteiger partial charge in [-0.2, -0.15) is 44.8 Å². The third kappa shape index (κ3) is 14.8. The molecule has 0 aliphatic heterocycles. The van der Waals surface area contributed by atoms with Gasteiger partial charge in [-0.3, -0.25) is 0 Å². The molecule has 24 aromatic rings. The molecule has 0 saturated heterocycles. The zero-order chi connectivity index (χ0) is 99.6. The average Bonchev–Trinajstić information content (AvgIpc) is 1.55. The second-order valence-corrected chi connectivity index (χ2v) is 37.5. The highest BCUT2D eigenvalue weighted by atomic mass is 19.4. The van der Waals surface area contributed by atoms with Gasteiger partial charge in [0.15, 0.2) is 0 Å². The Labute approximate surface area is 817 Å². The monoisotopic (exact) mass is 1890 g/mol. The molecular weight excluding hydrogens is 1800 g/mol. The van der Waals surface area contributed by atoms with Crippen LogP contribution in [0, 0.1) is 101 Å². The molecule has 0 aliphatic carbocycles. The lowest BCUT2D eigenvalue weighted by atomic mass is 9.93. The number of hydrogen-bond donors (Lipinski definition) is 0. The number of halogens is 9. The van der Waals surface area contributed by atoms with Gasteiger partial charge < -0.3 is 27.4 Å². The third-order valence-corrected chi connectivity index (χ3v) is 28.4. The fraction of sp³-hybridized carbons (Fsp3) is 0.112. The van der Waals surface area contributed by atoms with Gasteiger partial charge in [-0.1, -0.05) is 248 Å². The maximum absolute atomic E-state index is 15.0. The van der Waals surface area contributed by atoms with Crippen LogP contribution < -0.4 is 0 Å². The Bertz CT molecular complexity index is 9570. The first-order valence-corrected chi connectivity index (χ1v) is 47.0. The highest BCUT2D eigenvalue weighted by molar-refractivity contribution is 6.18. The van der Waals surface area contributed by atoms with E-state index in [1.807, 2.05) is 234 Å². The molecule has 696 valence electrons. The van der Waals surface area contributed by atoms with Gasteiger partial charge in [-0.05, 0) is 240 Å². The minimum atomic E-state index is -4.61. The maximum atomic E-state index is 15.0. The van der Waals surface area contributed by atoms with Crippen LogP contribution >= 0.6 is 0 Å². The lowest BCUT2D eigenvalue weighted by molar-refractivity contribution is -0.138. The molecule has 6 heterocycles. The van der Waals surface area contributed by atoms with Crippen molar-refractivity contribution >= 4 is 142 Å². The van der Waals surface area contributed by atoms with Crippen molar-refractivity contribution in [1.29, 1.82) is 5.26 Å². The smallest absolute Gasteiger partial charge is 0.319 e. The first kappa shape index (κ1) is 90.7. The number of aryl methyl sites for hydroxylation is 11. The summed E-state index contributed by atoms with van der Waals surface area (Å²) in [5.41, 5.74) is 25.5. The van der Waals surface area contributed by atoms with Gasteiger partial charge in [0.2, 0.25) is 11.4 Å². The van der Waals surface area contributed by atoms with Crippen LogP contribution in [0.4, 0.5) is 50.9 Å². The minimum Gasteiger partial charge on any atom is -0.319 e. The molecule has 0 radical (unpaired) electrons. The maximum Gasteiger partial charge on any atom is 0.417 e. The SMILES string of the molecule is Cc1ccc(-c2cc(-n3c4c(C)cccc4c4cccc(C)c43)c(C#N)cc2-n2c3c(C)cccc3c3cccc(C)c32)c(C(F)(F)F)c1.[C-]#[N+]c1cc(-n2c3ccccc3c3ccc(C)cc32)c(-c2ccc(C(F)(F)F)cc2C)cc1-n1c2ccccc2c2ccc(C)cc21.[C-]#[N+]c1cc(-n2c3ccccc3c3cccc(C)c32)c(-c2ccc(C)cc2C(F)(F)F)cc1-n1c2ccccc2c2cccc(C)c21. The molecule has 6 aromatic heterocycles. The van der Waals surface area contributed by atoms with E-state index in [4.69, 9.17) is 13.1 Å². The number of nitrogens with zero attached hydrogens (tertiary/aromatic N) is 9. The summed E-state index contributed by atoms with van der Waals surface area (Å²) in [4.78, 5) is 8.12. The van der Waals surface area contributed by atoms with E-state index in [2.05, 4.69) is 119 Å². The molecule has 18 heteroatoms. The molecule has 0 spiro atoms. The third-order valence-electron chi connectivity index (χ3n) is 28.4. The molecule has 24 rings (SSSR count). The summed E-state index contributed by atoms with van der Waals surface area (Å²) in [6, 6.07) is 108. The number of rotatable bonds is 9. The Morgan fingerprint density at radius 3 is 0.874 bits per heavy atom. The Balaban J connectivity index is 0.000000123. The topological polar surface area (TPSA) is 62.1 Å².